The molecule has 0 spiro atoms. The van der Waals surface area contributed by atoms with E-state index in [2.05, 4.69) is 11.7 Å². The van der Waals surface area contributed by atoms with E-state index < -0.39 is 35.8 Å². The van der Waals surface area contributed by atoms with Crippen LogP contribution in [-0.4, -0.2) is 31.9 Å². The van der Waals surface area contributed by atoms with Crippen molar-refractivity contribution in [3.63, 3.8) is 0 Å². The zero-order valence-corrected chi connectivity index (χ0v) is 18.7. The minimum atomic E-state index is -0.864. The van der Waals surface area contributed by atoms with Crippen LogP contribution in [0.1, 0.15) is 41.5 Å². The molecule has 0 saturated carbocycles. The van der Waals surface area contributed by atoms with E-state index in [9.17, 15) is 19.1 Å². The molecule has 1 amide bonds. The van der Waals surface area contributed by atoms with Crippen LogP contribution in [-0.2, 0) is 13.2 Å². The molecule has 0 radical (unpaired) electrons. The van der Waals surface area contributed by atoms with Crippen molar-refractivity contribution in [3.05, 3.63) is 86.6 Å². The van der Waals surface area contributed by atoms with Gasteiger partial charge in [-0.25, -0.2) is 13.6 Å². The van der Waals surface area contributed by atoms with E-state index >= 15 is 4.39 Å². The summed E-state index contributed by atoms with van der Waals surface area (Å²) >= 11 is 6.18. The second kappa shape index (κ2) is 8.57. The highest BCUT2D eigenvalue weighted by molar-refractivity contribution is 6.34. The number of anilines is 1. The maximum atomic E-state index is 15.2. The van der Waals surface area contributed by atoms with Crippen molar-refractivity contribution in [2.75, 3.05) is 11.4 Å². The van der Waals surface area contributed by atoms with Crippen molar-refractivity contribution < 1.29 is 18.7 Å². The van der Waals surface area contributed by atoms with Crippen LogP contribution in [0.3, 0.4) is 0 Å². The number of amides is 1. The normalized spacial score (nSPS) is 15.6. The van der Waals surface area contributed by atoms with Gasteiger partial charge < -0.3 is 10.0 Å². The van der Waals surface area contributed by atoms with E-state index in [-0.39, 0.29) is 40.9 Å². The molecule has 0 aliphatic carbocycles. The van der Waals surface area contributed by atoms with E-state index in [1.54, 1.807) is 13.8 Å². The van der Waals surface area contributed by atoms with Crippen LogP contribution in [0.5, 0.6) is 0 Å². The van der Waals surface area contributed by atoms with Crippen LogP contribution in [0.4, 0.5) is 14.5 Å². The van der Waals surface area contributed by atoms with Crippen LogP contribution in [0.25, 0.3) is 5.69 Å². The zero-order chi connectivity index (χ0) is 24.0. The smallest absolute Gasteiger partial charge is 0.350 e. The van der Waals surface area contributed by atoms with Crippen LogP contribution < -0.4 is 10.6 Å². The number of aromatic nitrogens is 3. The predicted molar refractivity (Wildman–Crippen MR) is 120 cm³/mol. The first-order valence-corrected chi connectivity index (χ1v) is 10.6. The third kappa shape index (κ3) is 3.67. The van der Waals surface area contributed by atoms with Crippen molar-refractivity contribution in [2.24, 2.45) is 0 Å². The molecular weight excluding hydrogens is 454 g/mol. The molecule has 1 atom stereocenters. The summed E-state index contributed by atoms with van der Waals surface area (Å²) < 4.78 is 31.9. The van der Waals surface area contributed by atoms with Gasteiger partial charge in [0.1, 0.15) is 23.9 Å². The highest BCUT2D eigenvalue weighted by atomic mass is 35.5. The Morgan fingerprint density at radius 1 is 1.27 bits per heavy atom. The lowest BCUT2D eigenvalue weighted by Gasteiger charge is -2.35. The Hall–Kier alpha value is -3.30. The van der Waals surface area contributed by atoms with E-state index in [0.717, 1.165) is 10.7 Å². The summed E-state index contributed by atoms with van der Waals surface area (Å²) in [6.45, 7) is 7.22. The number of para-hydroxylation sites is 1. The number of halogens is 3. The average molecular weight is 475 g/mol. The van der Waals surface area contributed by atoms with Crippen molar-refractivity contribution in [1.29, 1.82) is 0 Å². The number of benzene rings is 2. The Morgan fingerprint density at radius 2 is 2.00 bits per heavy atom. The Morgan fingerprint density at radius 3 is 2.58 bits per heavy atom. The van der Waals surface area contributed by atoms with Crippen molar-refractivity contribution in [2.45, 2.75) is 32.9 Å². The van der Waals surface area contributed by atoms with E-state index in [0.29, 0.717) is 11.1 Å². The maximum Gasteiger partial charge on any atom is 0.350 e. The molecule has 4 rings (SSSR count). The molecule has 10 heteroatoms. The first-order chi connectivity index (χ1) is 15.7. The molecule has 1 aliphatic rings. The van der Waals surface area contributed by atoms with Gasteiger partial charge in [0.2, 0.25) is 0 Å². The number of carbonyl (C=O) groups is 1. The quantitative estimate of drug-likeness (QED) is 0.570. The first kappa shape index (κ1) is 22.9. The van der Waals surface area contributed by atoms with Crippen LogP contribution in [0.15, 0.2) is 47.3 Å². The summed E-state index contributed by atoms with van der Waals surface area (Å²) in [6, 6.07) is 6.49. The molecule has 1 N–H and O–H groups in total. The van der Waals surface area contributed by atoms with Gasteiger partial charge in [-0.2, -0.15) is 4.68 Å². The molecule has 0 fully saturated rings. The molecule has 2 heterocycles. The van der Waals surface area contributed by atoms with Gasteiger partial charge in [0, 0.05) is 24.6 Å². The van der Waals surface area contributed by atoms with Gasteiger partial charge in [-0.15, -0.1) is 5.10 Å². The summed E-state index contributed by atoms with van der Waals surface area (Å²) in [6.07, 6.45) is 0. The number of aliphatic hydroxyl groups excluding tert-OH is 1. The lowest BCUT2D eigenvalue weighted by Crippen LogP contribution is -2.41. The molecule has 7 nitrogen and oxygen atoms in total. The Balaban J connectivity index is 1.91. The molecular formula is C23H21ClF2N4O3. The minimum Gasteiger partial charge on any atom is -0.388 e. The van der Waals surface area contributed by atoms with E-state index in [1.165, 1.54) is 33.7 Å². The molecule has 172 valence electrons. The second-order valence-electron chi connectivity index (χ2n) is 7.79. The minimum absolute atomic E-state index is 0.0141. The molecule has 2 aromatic carbocycles. The largest absolute Gasteiger partial charge is 0.388 e. The number of rotatable bonds is 5. The molecule has 0 bridgehead atoms. The highest BCUT2D eigenvalue weighted by Crippen LogP contribution is 2.39. The first-order valence-electron chi connectivity index (χ1n) is 10.2. The highest BCUT2D eigenvalue weighted by Gasteiger charge is 2.36. The number of fused-ring (bicyclic) bond motifs is 1. The van der Waals surface area contributed by atoms with Gasteiger partial charge in [-0.1, -0.05) is 29.8 Å². The van der Waals surface area contributed by atoms with Crippen molar-refractivity contribution in [1.82, 2.24) is 14.3 Å². The number of nitrogens with zero attached hydrogens (tertiary/aromatic N) is 4. The summed E-state index contributed by atoms with van der Waals surface area (Å²) in [5.41, 5.74) is 0.250. The monoisotopic (exact) mass is 474 g/mol. The molecule has 1 unspecified atom stereocenters. The van der Waals surface area contributed by atoms with E-state index in [4.69, 9.17) is 11.6 Å². The average Bonchev–Trinajstić information content (AvgIpc) is 3.10. The van der Waals surface area contributed by atoms with Crippen LogP contribution in [0, 0.1) is 11.6 Å². The summed E-state index contributed by atoms with van der Waals surface area (Å²) in [4.78, 5) is 27.2. The van der Waals surface area contributed by atoms with Gasteiger partial charge in [0.05, 0.1) is 10.7 Å². The van der Waals surface area contributed by atoms with Gasteiger partial charge >= 0.3 is 5.69 Å². The topological polar surface area (TPSA) is 80.4 Å². The van der Waals surface area contributed by atoms with Crippen molar-refractivity contribution >= 4 is 23.2 Å². The maximum absolute atomic E-state index is 15.2. The number of hydrogen-bond acceptors (Lipinski definition) is 4. The predicted octanol–water partition coefficient (Wildman–Crippen LogP) is 3.80. The Bertz CT molecular complexity index is 1330. The van der Waals surface area contributed by atoms with Crippen molar-refractivity contribution in [3.8, 4) is 5.69 Å². The van der Waals surface area contributed by atoms with Crippen LogP contribution >= 0.6 is 11.6 Å². The molecule has 1 aliphatic heterocycles. The lowest BCUT2D eigenvalue weighted by atomic mass is 9.84. The van der Waals surface area contributed by atoms with Gasteiger partial charge in [0.25, 0.3) is 5.91 Å². The number of carbonyl (C=O) groups excluding carboxylic acids is 1. The Kier molecular flexibility index (Phi) is 5.94. The Labute approximate surface area is 193 Å². The summed E-state index contributed by atoms with van der Waals surface area (Å²) in [7, 11) is 0. The van der Waals surface area contributed by atoms with Crippen LogP contribution in [0.2, 0.25) is 5.02 Å². The van der Waals surface area contributed by atoms with E-state index in [1.807, 2.05) is 0 Å². The molecule has 0 saturated heterocycles. The fourth-order valence-corrected chi connectivity index (χ4v) is 4.38. The number of aliphatic hydroxyl groups is 1. The molecule has 33 heavy (non-hydrogen) atoms. The number of hydrogen-bond donors (Lipinski definition) is 1. The zero-order valence-electron chi connectivity index (χ0n) is 18.0. The van der Waals surface area contributed by atoms with Gasteiger partial charge in [-0.3, -0.25) is 9.36 Å². The fourth-order valence-electron chi connectivity index (χ4n) is 4.11. The third-order valence-corrected chi connectivity index (χ3v) is 6.07. The summed E-state index contributed by atoms with van der Waals surface area (Å²) in [5, 5.41) is 13.6. The molecule has 1 aromatic heterocycles. The second-order valence-corrected chi connectivity index (χ2v) is 8.20. The fraction of sp³-hybridized carbons (Fsp3) is 0.261. The van der Waals surface area contributed by atoms with Gasteiger partial charge in [-0.05, 0) is 43.7 Å². The molecule has 3 aromatic rings. The summed E-state index contributed by atoms with van der Waals surface area (Å²) in [5.74, 6) is -2.55. The van der Waals surface area contributed by atoms with Gasteiger partial charge in [0.15, 0.2) is 5.82 Å². The SMILES string of the molecule is C=C(C)C1CN(c2c(F)cccc2Cl)C(=O)c2cc(F)c(-n3nc(CO)n(CC)c3=O)cc21. The standard InChI is InChI=1S/C23H21ClF2N4O3/c1-4-28-20(11-31)27-30(23(28)33)19-9-13-14(8-18(19)26)22(32)29(10-15(13)12(2)3)21-16(24)6-5-7-17(21)25/h5-9,15,31H,2,4,10-11H2,1,3H3. The third-order valence-electron chi connectivity index (χ3n) is 5.76. The lowest BCUT2D eigenvalue weighted by molar-refractivity contribution is 0.0976.